The highest BCUT2D eigenvalue weighted by Gasteiger charge is 2.45. The maximum Gasteiger partial charge on any atom is 0.0947 e. The number of aromatic nitrogens is 2. The molecule has 106 valence electrons. The number of imidazole rings is 1. The summed E-state index contributed by atoms with van der Waals surface area (Å²) in [7, 11) is 2.03. The molecule has 19 heavy (non-hydrogen) atoms. The lowest BCUT2D eigenvalue weighted by atomic mass is 9.74. The molecule has 0 bridgehead atoms. The predicted octanol–water partition coefficient (Wildman–Crippen LogP) is 2.20. The van der Waals surface area contributed by atoms with Crippen molar-refractivity contribution in [3.63, 3.8) is 0 Å². The normalized spacial score (nSPS) is 26.1. The minimum atomic E-state index is 0.0865. The van der Waals surface area contributed by atoms with E-state index < -0.39 is 0 Å². The zero-order chi connectivity index (χ0) is 13.5. The van der Waals surface area contributed by atoms with Crippen molar-refractivity contribution in [1.82, 2.24) is 14.5 Å². The first-order chi connectivity index (χ1) is 8.96. The molecule has 4 nitrogen and oxygen atoms in total. The molecule has 0 N–H and O–H groups in total. The zero-order valence-electron chi connectivity index (χ0n) is 12.4. The first kappa shape index (κ1) is 13.1. The van der Waals surface area contributed by atoms with Crippen molar-refractivity contribution in [3.05, 3.63) is 18.2 Å². The molecule has 0 saturated carbocycles. The van der Waals surface area contributed by atoms with Gasteiger partial charge in [0.05, 0.1) is 24.2 Å². The summed E-state index contributed by atoms with van der Waals surface area (Å²) in [5.74, 6) is 0. The summed E-state index contributed by atoms with van der Waals surface area (Å²) in [6.45, 7) is 8.74. The van der Waals surface area contributed by atoms with Crippen molar-refractivity contribution in [3.8, 4) is 0 Å². The van der Waals surface area contributed by atoms with E-state index in [1.165, 1.54) is 38.0 Å². The number of piperidine rings is 1. The van der Waals surface area contributed by atoms with Crippen LogP contribution in [-0.2, 0) is 18.3 Å². The lowest BCUT2D eigenvalue weighted by Crippen LogP contribution is -2.40. The van der Waals surface area contributed by atoms with E-state index in [2.05, 4.69) is 29.9 Å². The molecule has 2 saturated heterocycles. The average molecular weight is 263 g/mol. The summed E-state index contributed by atoms with van der Waals surface area (Å²) in [5, 5.41) is 0. The highest BCUT2D eigenvalue weighted by Crippen LogP contribution is 2.46. The van der Waals surface area contributed by atoms with Gasteiger partial charge in [-0.05, 0) is 51.6 Å². The Hall–Kier alpha value is -0.870. The van der Waals surface area contributed by atoms with E-state index in [1.807, 2.05) is 17.9 Å². The van der Waals surface area contributed by atoms with Crippen LogP contribution in [-0.4, -0.2) is 39.7 Å². The molecule has 3 rings (SSSR count). The van der Waals surface area contributed by atoms with Crippen LogP contribution in [0.2, 0.25) is 0 Å². The summed E-state index contributed by atoms with van der Waals surface area (Å²) in [5.41, 5.74) is 1.72. The lowest BCUT2D eigenvalue weighted by molar-refractivity contribution is 0.0242. The van der Waals surface area contributed by atoms with Gasteiger partial charge in [-0.15, -0.1) is 0 Å². The molecule has 1 aromatic rings. The van der Waals surface area contributed by atoms with Gasteiger partial charge in [-0.3, -0.25) is 4.90 Å². The molecule has 0 radical (unpaired) electrons. The van der Waals surface area contributed by atoms with Crippen LogP contribution in [0, 0.1) is 5.41 Å². The van der Waals surface area contributed by atoms with E-state index in [9.17, 15) is 0 Å². The van der Waals surface area contributed by atoms with Crippen molar-refractivity contribution in [2.24, 2.45) is 12.5 Å². The van der Waals surface area contributed by atoms with Gasteiger partial charge in [0.2, 0.25) is 0 Å². The van der Waals surface area contributed by atoms with Gasteiger partial charge in [-0.2, -0.15) is 0 Å². The molecule has 0 atom stereocenters. The third-order valence-corrected chi connectivity index (χ3v) is 4.63. The Balaban J connectivity index is 1.55. The van der Waals surface area contributed by atoms with Gasteiger partial charge in [0.25, 0.3) is 0 Å². The standard InChI is InChI=1S/C15H25N3O/c1-14(2)10-15(11-19-14)4-6-18(7-5-15)9-13-8-17(3)12-16-13/h8,12H,4-7,9-11H2,1-3H3. The van der Waals surface area contributed by atoms with E-state index in [0.29, 0.717) is 5.41 Å². The molecule has 2 aliphatic heterocycles. The largest absolute Gasteiger partial charge is 0.375 e. The molecule has 4 heteroatoms. The summed E-state index contributed by atoms with van der Waals surface area (Å²) in [4.78, 5) is 6.95. The van der Waals surface area contributed by atoms with Crippen LogP contribution in [0.15, 0.2) is 12.5 Å². The van der Waals surface area contributed by atoms with Crippen molar-refractivity contribution in [2.75, 3.05) is 19.7 Å². The second kappa shape index (κ2) is 4.60. The monoisotopic (exact) mass is 263 g/mol. The molecule has 0 aliphatic carbocycles. The molecule has 3 heterocycles. The minimum Gasteiger partial charge on any atom is -0.375 e. The van der Waals surface area contributed by atoms with Crippen molar-refractivity contribution in [2.45, 2.75) is 45.3 Å². The van der Waals surface area contributed by atoms with Gasteiger partial charge in [-0.1, -0.05) is 0 Å². The number of aryl methyl sites for hydroxylation is 1. The van der Waals surface area contributed by atoms with E-state index in [4.69, 9.17) is 4.74 Å². The Kier molecular flexibility index (Phi) is 3.18. The third kappa shape index (κ3) is 2.84. The second-order valence-electron chi connectivity index (χ2n) is 7.03. The Labute approximate surface area is 115 Å². The van der Waals surface area contributed by atoms with Gasteiger partial charge in [0, 0.05) is 19.8 Å². The maximum absolute atomic E-state index is 5.96. The quantitative estimate of drug-likeness (QED) is 0.819. The molecule has 2 fully saturated rings. The first-order valence-electron chi connectivity index (χ1n) is 7.30. The van der Waals surface area contributed by atoms with Crippen LogP contribution in [0.1, 0.15) is 38.8 Å². The highest BCUT2D eigenvalue weighted by atomic mass is 16.5. The molecular formula is C15H25N3O. The van der Waals surface area contributed by atoms with Crippen LogP contribution >= 0.6 is 0 Å². The maximum atomic E-state index is 5.96. The molecule has 0 unspecified atom stereocenters. The van der Waals surface area contributed by atoms with E-state index >= 15 is 0 Å². The fourth-order valence-corrected chi connectivity index (χ4v) is 3.64. The van der Waals surface area contributed by atoms with E-state index in [1.54, 1.807) is 0 Å². The van der Waals surface area contributed by atoms with Crippen molar-refractivity contribution in [1.29, 1.82) is 0 Å². The lowest BCUT2D eigenvalue weighted by Gasteiger charge is -2.38. The van der Waals surface area contributed by atoms with Gasteiger partial charge < -0.3 is 9.30 Å². The topological polar surface area (TPSA) is 30.3 Å². The van der Waals surface area contributed by atoms with Crippen molar-refractivity contribution < 1.29 is 4.74 Å². The molecule has 1 spiro atoms. The van der Waals surface area contributed by atoms with Crippen LogP contribution in [0.4, 0.5) is 0 Å². The van der Waals surface area contributed by atoms with Crippen molar-refractivity contribution >= 4 is 0 Å². The molecule has 2 aliphatic rings. The van der Waals surface area contributed by atoms with Crippen LogP contribution in [0.5, 0.6) is 0 Å². The number of hydrogen-bond acceptors (Lipinski definition) is 3. The molecule has 1 aromatic heterocycles. The Morgan fingerprint density at radius 2 is 2.05 bits per heavy atom. The Bertz CT molecular complexity index is 444. The second-order valence-corrected chi connectivity index (χ2v) is 7.03. The van der Waals surface area contributed by atoms with Gasteiger partial charge >= 0.3 is 0 Å². The summed E-state index contributed by atoms with van der Waals surface area (Å²) in [6.07, 6.45) is 7.75. The van der Waals surface area contributed by atoms with Crippen LogP contribution < -0.4 is 0 Å². The number of hydrogen-bond donors (Lipinski definition) is 0. The minimum absolute atomic E-state index is 0.0865. The van der Waals surface area contributed by atoms with Gasteiger partial charge in [0.1, 0.15) is 0 Å². The zero-order valence-corrected chi connectivity index (χ0v) is 12.4. The van der Waals surface area contributed by atoms with Gasteiger partial charge in [0.15, 0.2) is 0 Å². The smallest absolute Gasteiger partial charge is 0.0947 e. The molecular weight excluding hydrogens is 238 g/mol. The Morgan fingerprint density at radius 3 is 2.58 bits per heavy atom. The predicted molar refractivity (Wildman–Crippen MR) is 74.8 cm³/mol. The van der Waals surface area contributed by atoms with E-state index in [-0.39, 0.29) is 5.60 Å². The number of ether oxygens (including phenoxy) is 1. The Morgan fingerprint density at radius 1 is 1.32 bits per heavy atom. The summed E-state index contributed by atoms with van der Waals surface area (Å²) >= 11 is 0. The number of rotatable bonds is 2. The SMILES string of the molecule is Cn1cnc(CN2CCC3(CC2)COC(C)(C)C3)c1. The van der Waals surface area contributed by atoms with Crippen LogP contribution in [0.25, 0.3) is 0 Å². The summed E-state index contributed by atoms with van der Waals surface area (Å²) < 4.78 is 7.98. The third-order valence-electron chi connectivity index (χ3n) is 4.63. The highest BCUT2D eigenvalue weighted by molar-refractivity contribution is 4.99. The molecule has 0 aromatic carbocycles. The number of nitrogens with zero attached hydrogens (tertiary/aromatic N) is 3. The van der Waals surface area contributed by atoms with Gasteiger partial charge in [-0.25, -0.2) is 4.98 Å². The summed E-state index contributed by atoms with van der Waals surface area (Å²) in [6, 6.07) is 0. The van der Waals surface area contributed by atoms with Crippen LogP contribution in [0.3, 0.4) is 0 Å². The molecule has 0 amide bonds. The first-order valence-corrected chi connectivity index (χ1v) is 7.30. The van der Waals surface area contributed by atoms with E-state index in [0.717, 1.165) is 13.2 Å². The number of likely N-dealkylation sites (tertiary alicyclic amines) is 1. The average Bonchev–Trinajstić information content (AvgIpc) is 2.87. The fraction of sp³-hybridized carbons (Fsp3) is 0.800. The fourth-order valence-electron chi connectivity index (χ4n) is 3.64.